The van der Waals surface area contributed by atoms with Crippen molar-refractivity contribution in [3.8, 4) is 17.4 Å². The van der Waals surface area contributed by atoms with Gasteiger partial charge in [0.2, 0.25) is 5.89 Å². The molecular formula is C19H18N2O2. The normalized spacial score (nSPS) is 11.6. The van der Waals surface area contributed by atoms with Crippen LogP contribution in [0.1, 0.15) is 18.2 Å². The molecule has 0 amide bonds. The Bertz CT molecular complexity index is 793. The number of hydrogen-bond acceptors (Lipinski definition) is 4. The van der Waals surface area contributed by atoms with Crippen LogP contribution in [-0.4, -0.2) is 22.3 Å². The molecule has 0 atom stereocenters. The van der Waals surface area contributed by atoms with Gasteiger partial charge in [0.1, 0.15) is 0 Å². The summed E-state index contributed by atoms with van der Waals surface area (Å²) in [6.07, 6.45) is 0.850. The molecule has 0 aliphatic carbocycles. The summed E-state index contributed by atoms with van der Waals surface area (Å²) in [5.74, 6) is 0.209. The first kappa shape index (κ1) is 15.0. The molecule has 0 fully saturated rings. The van der Waals surface area contributed by atoms with Crippen molar-refractivity contribution in [2.45, 2.75) is 13.3 Å². The van der Waals surface area contributed by atoms with Crippen molar-refractivity contribution in [3.63, 3.8) is 0 Å². The third-order valence-corrected chi connectivity index (χ3v) is 3.56. The number of aromatic hydroxyl groups is 1. The Hall–Kier alpha value is -2.88. The van der Waals surface area contributed by atoms with E-state index in [1.807, 2.05) is 55.5 Å². The third-order valence-electron chi connectivity index (χ3n) is 3.56. The summed E-state index contributed by atoms with van der Waals surface area (Å²) in [5.41, 5.74) is 3.13. The topological polar surface area (TPSA) is 58.6 Å². The van der Waals surface area contributed by atoms with Gasteiger partial charge in [0.15, 0.2) is 5.69 Å². The number of oxazole rings is 1. The first-order chi connectivity index (χ1) is 11.2. The molecule has 1 aromatic heterocycles. The molecule has 4 heteroatoms. The highest BCUT2D eigenvalue weighted by Gasteiger charge is 2.15. The zero-order valence-electron chi connectivity index (χ0n) is 12.9. The predicted molar refractivity (Wildman–Crippen MR) is 90.8 cm³/mol. The number of nitrogens with zero attached hydrogens (tertiary/aromatic N) is 2. The van der Waals surface area contributed by atoms with Crippen LogP contribution in [0.3, 0.4) is 0 Å². The number of aliphatic imine (C=N–C) groups is 1. The maximum Gasteiger partial charge on any atom is 0.312 e. The SMILES string of the molecule is CC(=NCCc1ccccc1)c1nc(-c2ccccc2)oc1O. The molecule has 0 aliphatic rings. The van der Waals surface area contributed by atoms with Crippen LogP contribution in [0, 0.1) is 0 Å². The van der Waals surface area contributed by atoms with E-state index < -0.39 is 0 Å². The molecule has 1 heterocycles. The summed E-state index contributed by atoms with van der Waals surface area (Å²) in [4.78, 5) is 8.85. The average Bonchev–Trinajstić information content (AvgIpc) is 2.98. The van der Waals surface area contributed by atoms with Crippen LogP contribution in [0.15, 0.2) is 70.1 Å². The fourth-order valence-corrected chi connectivity index (χ4v) is 2.32. The van der Waals surface area contributed by atoms with E-state index in [0.29, 0.717) is 23.8 Å². The summed E-state index contributed by atoms with van der Waals surface area (Å²) in [6, 6.07) is 19.7. The van der Waals surface area contributed by atoms with E-state index in [2.05, 4.69) is 22.1 Å². The second-order valence-electron chi connectivity index (χ2n) is 5.24. The fourth-order valence-electron chi connectivity index (χ4n) is 2.32. The lowest BCUT2D eigenvalue weighted by atomic mass is 10.1. The molecule has 0 saturated heterocycles. The Morgan fingerprint density at radius 2 is 1.70 bits per heavy atom. The van der Waals surface area contributed by atoms with Gasteiger partial charge in [0.25, 0.3) is 0 Å². The Kier molecular flexibility index (Phi) is 4.52. The molecule has 0 unspecified atom stereocenters. The van der Waals surface area contributed by atoms with Crippen molar-refractivity contribution in [3.05, 3.63) is 71.9 Å². The minimum atomic E-state index is -0.190. The van der Waals surface area contributed by atoms with Crippen LogP contribution in [0.25, 0.3) is 11.5 Å². The lowest BCUT2D eigenvalue weighted by molar-refractivity contribution is 0.336. The van der Waals surface area contributed by atoms with Crippen LogP contribution >= 0.6 is 0 Å². The first-order valence-electron chi connectivity index (χ1n) is 7.54. The number of hydrogen-bond donors (Lipinski definition) is 1. The molecule has 2 aromatic carbocycles. The molecule has 3 rings (SSSR count). The van der Waals surface area contributed by atoms with E-state index in [4.69, 9.17) is 4.42 Å². The van der Waals surface area contributed by atoms with E-state index in [-0.39, 0.29) is 5.95 Å². The second-order valence-corrected chi connectivity index (χ2v) is 5.24. The average molecular weight is 306 g/mol. The van der Waals surface area contributed by atoms with Gasteiger partial charge in [-0.25, -0.2) is 4.98 Å². The Morgan fingerprint density at radius 3 is 2.39 bits per heavy atom. The fraction of sp³-hybridized carbons (Fsp3) is 0.158. The molecule has 4 nitrogen and oxygen atoms in total. The van der Waals surface area contributed by atoms with Gasteiger partial charge in [-0.2, -0.15) is 0 Å². The van der Waals surface area contributed by atoms with Crippen LogP contribution in [-0.2, 0) is 6.42 Å². The maximum atomic E-state index is 9.97. The highest BCUT2D eigenvalue weighted by atomic mass is 16.5. The lowest BCUT2D eigenvalue weighted by Gasteiger charge is -1.99. The lowest BCUT2D eigenvalue weighted by Crippen LogP contribution is -1.99. The second kappa shape index (κ2) is 6.92. The van der Waals surface area contributed by atoms with Gasteiger partial charge in [-0.15, -0.1) is 0 Å². The Balaban J connectivity index is 1.73. The van der Waals surface area contributed by atoms with Gasteiger partial charge in [-0.3, -0.25) is 4.99 Å². The van der Waals surface area contributed by atoms with E-state index >= 15 is 0 Å². The van der Waals surface area contributed by atoms with Gasteiger partial charge in [-0.1, -0.05) is 48.5 Å². The summed E-state index contributed by atoms with van der Waals surface area (Å²) < 4.78 is 5.35. The van der Waals surface area contributed by atoms with Crippen LogP contribution in [0.5, 0.6) is 5.95 Å². The van der Waals surface area contributed by atoms with Crippen LogP contribution < -0.4 is 0 Å². The van der Waals surface area contributed by atoms with Crippen molar-refractivity contribution >= 4 is 5.71 Å². The van der Waals surface area contributed by atoms with Crippen molar-refractivity contribution < 1.29 is 9.52 Å². The molecule has 3 aromatic rings. The molecule has 0 bridgehead atoms. The van der Waals surface area contributed by atoms with Gasteiger partial charge >= 0.3 is 5.95 Å². The van der Waals surface area contributed by atoms with E-state index in [1.54, 1.807) is 0 Å². The number of aromatic nitrogens is 1. The summed E-state index contributed by atoms with van der Waals surface area (Å²) in [6.45, 7) is 2.47. The van der Waals surface area contributed by atoms with E-state index in [9.17, 15) is 5.11 Å². The summed E-state index contributed by atoms with van der Waals surface area (Å²) >= 11 is 0. The number of benzene rings is 2. The monoisotopic (exact) mass is 306 g/mol. The standard InChI is InChI=1S/C19H18N2O2/c1-14(20-13-12-15-8-4-2-5-9-15)17-19(22)23-18(21-17)16-10-6-3-7-11-16/h2-11,22H,12-13H2,1H3. The van der Waals surface area contributed by atoms with Crippen molar-refractivity contribution in [2.75, 3.05) is 6.54 Å². The van der Waals surface area contributed by atoms with Crippen LogP contribution in [0.4, 0.5) is 0 Å². The highest BCUT2D eigenvalue weighted by molar-refractivity contribution is 5.99. The van der Waals surface area contributed by atoms with E-state index in [0.717, 1.165) is 12.0 Å². The van der Waals surface area contributed by atoms with Crippen LogP contribution in [0.2, 0.25) is 0 Å². The molecule has 0 saturated carbocycles. The summed E-state index contributed by atoms with van der Waals surface area (Å²) in [5, 5.41) is 9.97. The molecule has 0 radical (unpaired) electrons. The van der Waals surface area contributed by atoms with Gasteiger partial charge in [0, 0.05) is 12.1 Å². The zero-order valence-corrected chi connectivity index (χ0v) is 12.9. The van der Waals surface area contributed by atoms with Crippen molar-refractivity contribution in [1.29, 1.82) is 0 Å². The first-order valence-corrected chi connectivity index (χ1v) is 7.54. The van der Waals surface area contributed by atoms with E-state index in [1.165, 1.54) is 5.56 Å². The molecule has 0 aliphatic heterocycles. The highest BCUT2D eigenvalue weighted by Crippen LogP contribution is 2.26. The molecular weight excluding hydrogens is 288 g/mol. The molecule has 1 N–H and O–H groups in total. The Labute approximate surface area is 135 Å². The number of rotatable bonds is 5. The quantitative estimate of drug-likeness (QED) is 0.722. The van der Waals surface area contributed by atoms with Crippen molar-refractivity contribution in [2.24, 2.45) is 4.99 Å². The predicted octanol–water partition coefficient (Wildman–Crippen LogP) is 4.10. The minimum Gasteiger partial charge on any atom is -0.479 e. The Morgan fingerprint density at radius 1 is 1.04 bits per heavy atom. The molecule has 23 heavy (non-hydrogen) atoms. The largest absolute Gasteiger partial charge is 0.479 e. The molecule has 116 valence electrons. The zero-order chi connectivity index (χ0) is 16.1. The van der Waals surface area contributed by atoms with Crippen molar-refractivity contribution in [1.82, 2.24) is 4.98 Å². The third kappa shape index (κ3) is 3.66. The maximum absolute atomic E-state index is 9.97. The summed E-state index contributed by atoms with van der Waals surface area (Å²) in [7, 11) is 0. The van der Waals surface area contributed by atoms with Gasteiger partial charge in [0.05, 0.1) is 5.71 Å². The van der Waals surface area contributed by atoms with Gasteiger partial charge in [-0.05, 0) is 31.0 Å². The minimum absolute atomic E-state index is 0.190. The van der Waals surface area contributed by atoms with Gasteiger partial charge < -0.3 is 9.52 Å². The molecule has 0 spiro atoms. The smallest absolute Gasteiger partial charge is 0.312 e.